The van der Waals surface area contributed by atoms with Crippen molar-refractivity contribution in [1.29, 1.82) is 0 Å². The smallest absolute Gasteiger partial charge is 0.261 e. The second-order valence-electron chi connectivity index (χ2n) is 6.30. The topological polar surface area (TPSA) is 105 Å². The standard InChI is InChI=1S/C18H22N4O3S/c1-2-17(19)18(23)22-9-7-13-10-16(6-5-14(13)12-22)26(24,25)21-15-4-3-8-20-11-15/h3-6,8,10-11,17,21H,2,7,9,12,19H2,1H3. The fourth-order valence-electron chi connectivity index (χ4n) is 2.93. The number of nitrogens with two attached hydrogens (primary N) is 1. The maximum absolute atomic E-state index is 12.6. The van der Waals surface area contributed by atoms with Gasteiger partial charge in [0.1, 0.15) is 0 Å². The highest BCUT2D eigenvalue weighted by Gasteiger charge is 2.25. The molecule has 2 aromatic rings. The Morgan fingerprint density at radius 1 is 1.35 bits per heavy atom. The van der Waals surface area contributed by atoms with Gasteiger partial charge in [-0.05, 0) is 48.2 Å². The lowest BCUT2D eigenvalue weighted by atomic mass is 9.99. The van der Waals surface area contributed by atoms with Gasteiger partial charge >= 0.3 is 0 Å². The van der Waals surface area contributed by atoms with Gasteiger partial charge in [0.2, 0.25) is 5.91 Å². The molecule has 1 aliphatic heterocycles. The summed E-state index contributed by atoms with van der Waals surface area (Å²) in [5.41, 5.74) is 8.14. The van der Waals surface area contributed by atoms with E-state index in [1.165, 1.54) is 6.20 Å². The first kappa shape index (κ1) is 18.3. The molecule has 1 amide bonds. The monoisotopic (exact) mass is 374 g/mol. The van der Waals surface area contributed by atoms with Gasteiger partial charge < -0.3 is 10.6 Å². The van der Waals surface area contributed by atoms with Crippen LogP contribution in [0.1, 0.15) is 24.5 Å². The van der Waals surface area contributed by atoms with Crippen LogP contribution in [0.25, 0.3) is 0 Å². The Bertz CT molecular complexity index is 900. The number of anilines is 1. The molecule has 0 bridgehead atoms. The van der Waals surface area contributed by atoms with Crippen molar-refractivity contribution in [2.75, 3.05) is 11.3 Å². The van der Waals surface area contributed by atoms with Crippen molar-refractivity contribution < 1.29 is 13.2 Å². The molecule has 3 N–H and O–H groups in total. The molecule has 1 unspecified atom stereocenters. The van der Waals surface area contributed by atoms with Gasteiger partial charge in [0, 0.05) is 19.3 Å². The Labute approximate surface area is 153 Å². The minimum absolute atomic E-state index is 0.0620. The molecule has 7 nitrogen and oxygen atoms in total. The highest BCUT2D eigenvalue weighted by molar-refractivity contribution is 7.92. The fourth-order valence-corrected chi connectivity index (χ4v) is 4.02. The number of carbonyl (C=O) groups excluding carboxylic acids is 1. The third-order valence-electron chi connectivity index (χ3n) is 4.48. The van der Waals surface area contributed by atoms with E-state index in [-0.39, 0.29) is 10.8 Å². The van der Waals surface area contributed by atoms with Crippen LogP contribution in [0.3, 0.4) is 0 Å². The van der Waals surface area contributed by atoms with Crippen molar-refractivity contribution in [2.24, 2.45) is 5.73 Å². The number of aromatic nitrogens is 1. The van der Waals surface area contributed by atoms with Crippen LogP contribution in [0.4, 0.5) is 5.69 Å². The van der Waals surface area contributed by atoms with Crippen molar-refractivity contribution in [3.8, 4) is 0 Å². The number of nitrogens with one attached hydrogen (secondary N) is 1. The van der Waals surface area contributed by atoms with Gasteiger partial charge in [-0.15, -0.1) is 0 Å². The quantitative estimate of drug-likeness (QED) is 0.825. The summed E-state index contributed by atoms with van der Waals surface area (Å²) in [6.07, 6.45) is 4.23. The normalized spacial score (nSPS) is 15.2. The zero-order chi connectivity index (χ0) is 18.7. The second kappa shape index (κ2) is 7.43. The van der Waals surface area contributed by atoms with Gasteiger partial charge in [-0.3, -0.25) is 14.5 Å². The first-order chi connectivity index (χ1) is 12.4. The minimum Gasteiger partial charge on any atom is -0.337 e. The van der Waals surface area contributed by atoms with Crippen LogP contribution in [0.15, 0.2) is 47.6 Å². The maximum atomic E-state index is 12.6. The zero-order valence-electron chi connectivity index (χ0n) is 14.6. The predicted molar refractivity (Wildman–Crippen MR) is 98.9 cm³/mol. The van der Waals surface area contributed by atoms with Crippen molar-refractivity contribution in [3.63, 3.8) is 0 Å². The summed E-state index contributed by atoms with van der Waals surface area (Å²) in [5.74, 6) is -0.0620. The molecular formula is C18H22N4O3S. The molecule has 1 aromatic heterocycles. The lowest BCUT2D eigenvalue weighted by molar-refractivity contribution is -0.133. The van der Waals surface area contributed by atoms with E-state index in [1.54, 1.807) is 41.4 Å². The molecule has 0 aliphatic carbocycles. The van der Waals surface area contributed by atoms with Crippen LogP contribution in [0, 0.1) is 0 Å². The lowest BCUT2D eigenvalue weighted by Gasteiger charge is -2.31. The van der Waals surface area contributed by atoms with Crippen LogP contribution < -0.4 is 10.5 Å². The summed E-state index contributed by atoms with van der Waals surface area (Å²) in [6, 6.07) is 7.82. The van der Waals surface area contributed by atoms with Gasteiger partial charge in [-0.2, -0.15) is 0 Å². The molecule has 0 saturated carbocycles. The highest BCUT2D eigenvalue weighted by Crippen LogP contribution is 2.24. The average molecular weight is 374 g/mol. The first-order valence-electron chi connectivity index (χ1n) is 8.49. The number of carbonyl (C=O) groups is 1. The number of hydrogen-bond acceptors (Lipinski definition) is 5. The molecule has 1 aliphatic rings. The van der Waals surface area contributed by atoms with Crippen LogP contribution in [-0.2, 0) is 27.8 Å². The second-order valence-corrected chi connectivity index (χ2v) is 7.98. The van der Waals surface area contributed by atoms with E-state index in [4.69, 9.17) is 5.73 Å². The Hall–Kier alpha value is -2.45. The third-order valence-corrected chi connectivity index (χ3v) is 5.86. The van der Waals surface area contributed by atoms with Gasteiger partial charge in [-0.1, -0.05) is 13.0 Å². The molecule has 8 heteroatoms. The summed E-state index contributed by atoms with van der Waals surface area (Å²) >= 11 is 0. The number of sulfonamides is 1. The molecule has 0 spiro atoms. The van der Waals surface area contributed by atoms with Crippen molar-refractivity contribution in [1.82, 2.24) is 9.88 Å². The molecule has 0 fully saturated rings. The number of rotatable bonds is 5. The van der Waals surface area contributed by atoms with E-state index in [0.717, 1.165) is 11.1 Å². The molecule has 1 atom stereocenters. The number of hydrogen-bond donors (Lipinski definition) is 2. The Morgan fingerprint density at radius 2 is 2.15 bits per heavy atom. The van der Waals surface area contributed by atoms with Gasteiger partial charge in [0.05, 0.1) is 22.8 Å². The van der Waals surface area contributed by atoms with Gasteiger partial charge in [-0.25, -0.2) is 8.42 Å². The lowest BCUT2D eigenvalue weighted by Crippen LogP contribution is -2.45. The summed E-state index contributed by atoms with van der Waals surface area (Å²) < 4.78 is 27.7. The zero-order valence-corrected chi connectivity index (χ0v) is 15.4. The number of amides is 1. The fraction of sp³-hybridized carbons (Fsp3) is 0.333. The minimum atomic E-state index is -3.68. The SMILES string of the molecule is CCC(N)C(=O)N1CCc2cc(S(=O)(=O)Nc3cccnc3)ccc2C1. The summed E-state index contributed by atoms with van der Waals surface area (Å²) in [7, 11) is -3.68. The van der Waals surface area contributed by atoms with Crippen molar-refractivity contribution in [2.45, 2.75) is 37.2 Å². The van der Waals surface area contributed by atoms with E-state index in [0.29, 0.717) is 31.6 Å². The van der Waals surface area contributed by atoms with Crippen molar-refractivity contribution in [3.05, 3.63) is 53.9 Å². The number of fused-ring (bicyclic) bond motifs is 1. The molecule has 26 heavy (non-hydrogen) atoms. The Kier molecular flexibility index (Phi) is 5.24. The molecule has 1 aromatic carbocycles. The number of nitrogens with zero attached hydrogens (tertiary/aromatic N) is 2. The summed E-state index contributed by atoms with van der Waals surface area (Å²) in [6.45, 7) is 2.88. The van der Waals surface area contributed by atoms with E-state index in [2.05, 4.69) is 9.71 Å². The van der Waals surface area contributed by atoms with Crippen LogP contribution in [-0.4, -0.2) is 36.8 Å². The Balaban J connectivity index is 1.79. The highest BCUT2D eigenvalue weighted by atomic mass is 32.2. The molecule has 0 radical (unpaired) electrons. The molecule has 0 saturated heterocycles. The molecule has 2 heterocycles. The maximum Gasteiger partial charge on any atom is 0.261 e. The third kappa shape index (κ3) is 3.86. The van der Waals surface area contributed by atoms with E-state index < -0.39 is 16.1 Å². The average Bonchev–Trinajstić information content (AvgIpc) is 2.66. The summed E-state index contributed by atoms with van der Waals surface area (Å²) in [5, 5.41) is 0. The Morgan fingerprint density at radius 3 is 2.85 bits per heavy atom. The molecular weight excluding hydrogens is 352 g/mol. The van der Waals surface area contributed by atoms with Crippen LogP contribution in [0.5, 0.6) is 0 Å². The first-order valence-corrected chi connectivity index (χ1v) is 9.98. The predicted octanol–water partition coefficient (Wildman–Crippen LogP) is 1.50. The van der Waals surface area contributed by atoms with Crippen LogP contribution in [0.2, 0.25) is 0 Å². The van der Waals surface area contributed by atoms with E-state index >= 15 is 0 Å². The summed E-state index contributed by atoms with van der Waals surface area (Å²) in [4.78, 5) is 18.1. The van der Waals surface area contributed by atoms with E-state index in [1.807, 2.05) is 6.92 Å². The van der Waals surface area contributed by atoms with Gasteiger partial charge in [0.15, 0.2) is 0 Å². The van der Waals surface area contributed by atoms with E-state index in [9.17, 15) is 13.2 Å². The van der Waals surface area contributed by atoms with Crippen molar-refractivity contribution >= 4 is 21.6 Å². The van der Waals surface area contributed by atoms with Gasteiger partial charge in [0.25, 0.3) is 10.0 Å². The number of pyridine rings is 1. The molecule has 3 rings (SSSR count). The molecule has 138 valence electrons. The number of benzene rings is 1. The largest absolute Gasteiger partial charge is 0.337 e. The van der Waals surface area contributed by atoms with Crippen LogP contribution >= 0.6 is 0 Å².